The fourth-order valence-electron chi connectivity index (χ4n) is 3.80. The van der Waals surface area contributed by atoms with E-state index in [0.717, 1.165) is 38.8 Å². The molecule has 1 saturated heterocycles. The Kier molecular flexibility index (Phi) is 5.02. The van der Waals surface area contributed by atoms with Crippen LogP contribution in [0, 0.1) is 6.92 Å². The molecular weight excluding hydrogens is 288 g/mol. The number of carbonyl (C=O) groups is 1. The Morgan fingerprint density at radius 3 is 2.57 bits per heavy atom. The van der Waals surface area contributed by atoms with Crippen molar-refractivity contribution in [2.24, 2.45) is 0 Å². The molecule has 1 unspecified atom stereocenters. The van der Waals surface area contributed by atoms with Gasteiger partial charge in [-0.2, -0.15) is 0 Å². The van der Waals surface area contributed by atoms with Crippen LogP contribution in [0.5, 0.6) is 0 Å². The van der Waals surface area contributed by atoms with Crippen molar-refractivity contribution < 1.29 is 9.90 Å². The zero-order chi connectivity index (χ0) is 16.4. The van der Waals surface area contributed by atoms with Crippen molar-refractivity contribution >= 4 is 5.91 Å². The van der Waals surface area contributed by atoms with Crippen LogP contribution in [0.25, 0.3) is 0 Å². The lowest BCUT2D eigenvalue weighted by molar-refractivity contribution is -0.128. The molecule has 2 fully saturated rings. The highest BCUT2D eigenvalue weighted by molar-refractivity contribution is 5.81. The van der Waals surface area contributed by atoms with Crippen molar-refractivity contribution in [3.05, 3.63) is 35.4 Å². The van der Waals surface area contributed by atoms with Gasteiger partial charge in [-0.05, 0) is 56.6 Å². The largest absolute Gasteiger partial charge is 0.393 e. The number of nitrogens with zero attached hydrogens (tertiary/aromatic N) is 1. The fraction of sp³-hybridized carbons (Fsp3) is 0.632. The third-order valence-electron chi connectivity index (χ3n) is 5.54. The molecule has 1 atom stereocenters. The Morgan fingerprint density at radius 2 is 1.91 bits per heavy atom. The average Bonchev–Trinajstić information content (AvgIpc) is 2.51. The number of rotatable bonds is 4. The predicted molar refractivity (Wildman–Crippen MR) is 91.4 cm³/mol. The van der Waals surface area contributed by atoms with Gasteiger partial charge < -0.3 is 10.4 Å². The monoisotopic (exact) mass is 316 g/mol. The van der Waals surface area contributed by atoms with E-state index >= 15 is 0 Å². The van der Waals surface area contributed by atoms with Gasteiger partial charge in [0.1, 0.15) is 0 Å². The molecule has 1 amide bonds. The Balaban J connectivity index is 1.46. The summed E-state index contributed by atoms with van der Waals surface area (Å²) in [6.07, 6.45) is 3.44. The number of carbonyl (C=O) groups excluding carboxylic acids is 1. The summed E-state index contributed by atoms with van der Waals surface area (Å²) in [7, 11) is 0. The van der Waals surface area contributed by atoms with Crippen LogP contribution in [-0.4, -0.2) is 47.2 Å². The number of amides is 1. The molecule has 23 heavy (non-hydrogen) atoms. The van der Waals surface area contributed by atoms with Gasteiger partial charge in [-0.15, -0.1) is 0 Å². The lowest BCUT2D eigenvalue weighted by Gasteiger charge is -2.39. The lowest BCUT2D eigenvalue weighted by Crippen LogP contribution is -2.53. The highest BCUT2D eigenvalue weighted by Gasteiger charge is 2.34. The Labute approximate surface area is 138 Å². The summed E-state index contributed by atoms with van der Waals surface area (Å²) in [5.74, 6) is 0.719. The van der Waals surface area contributed by atoms with Gasteiger partial charge in [0.05, 0.1) is 12.1 Å². The highest BCUT2D eigenvalue weighted by atomic mass is 16.3. The van der Waals surface area contributed by atoms with Crippen molar-refractivity contribution in [3.8, 4) is 0 Å². The summed E-state index contributed by atoms with van der Waals surface area (Å²) in [6, 6.07) is 8.76. The number of benzene rings is 1. The second kappa shape index (κ2) is 7.02. The molecule has 1 aliphatic carbocycles. The van der Waals surface area contributed by atoms with Crippen LogP contribution in [0.15, 0.2) is 24.3 Å². The van der Waals surface area contributed by atoms with E-state index < -0.39 is 0 Å². The Morgan fingerprint density at radius 1 is 1.26 bits per heavy atom. The van der Waals surface area contributed by atoms with Gasteiger partial charge in [0.25, 0.3) is 0 Å². The molecule has 1 saturated carbocycles. The molecule has 1 aromatic carbocycles. The third kappa shape index (κ3) is 3.75. The maximum Gasteiger partial charge on any atom is 0.237 e. The van der Waals surface area contributed by atoms with E-state index in [1.807, 2.05) is 6.92 Å². The first kappa shape index (κ1) is 16.5. The summed E-state index contributed by atoms with van der Waals surface area (Å²) < 4.78 is 0. The molecule has 1 aromatic rings. The Hall–Kier alpha value is -1.39. The number of nitrogens with one attached hydrogen (secondary N) is 1. The predicted octanol–water partition coefficient (Wildman–Crippen LogP) is 2.20. The van der Waals surface area contributed by atoms with Crippen LogP contribution >= 0.6 is 0 Å². The normalized spacial score (nSPS) is 27.3. The van der Waals surface area contributed by atoms with Crippen molar-refractivity contribution in [2.45, 2.75) is 63.6 Å². The van der Waals surface area contributed by atoms with Gasteiger partial charge in [0.15, 0.2) is 0 Å². The maximum absolute atomic E-state index is 12.4. The van der Waals surface area contributed by atoms with Crippen LogP contribution in [0.3, 0.4) is 0 Å². The molecule has 4 heteroatoms. The van der Waals surface area contributed by atoms with Gasteiger partial charge in [-0.1, -0.05) is 24.3 Å². The van der Waals surface area contributed by atoms with Gasteiger partial charge in [0.2, 0.25) is 5.91 Å². The number of aryl methyl sites for hydroxylation is 1. The van der Waals surface area contributed by atoms with Crippen LogP contribution < -0.4 is 5.32 Å². The third-order valence-corrected chi connectivity index (χ3v) is 5.54. The van der Waals surface area contributed by atoms with Gasteiger partial charge in [-0.25, -0.2) is 0 Å². The summed E-state index contributed by atoms with van der Waals surface area (Å²) in [6.45, 7) is 5.76. The average molecular weight is 316 g/mol. The molecule has 1 heterocycles. The number of hydrogen-bond acceptors (Lipinski definition) is 3. The van der Waals surface area contributed by atoms with E-state index in [9.17, 15) is 9.90 Å². The zero-order valence-corrected chi connectivity index (χ0v) is 14.2. The van der Waals surface area contributed by atoms with E-state index in [-0.39, 0.29) is 18.1 Å². The first-order chi connectivity index (χ1) is 11.0. The number of aliphatic hydroxyl groups is 1. The van der Waals surface area contributed by atoms with Gasteiger partial charge in [0, 0.05) is 19.1 Å². The van der Waals surface area contributed by atoms with Crippen molar-refractivity contribution in [2.75, 3.05) is 13.1 Å². The second-order valence-corrected chi connectivity index (χ2v) is 7.17. The number of aliphatic hydroxyl groups excluding tert-OH is 1. The summed E-state index contributed by atoms with van der Waals surface area (Å²) in [5, 5.41) is 12.8. The second-order valence-electron chi connectivity index (χ2n) is 7.17. The summed E-state index contributed by atoms with van der Waals surface area (Å²) in [5.41, 5.74) is 2.78. The molecule has 0 bridgehead atoms. The number of likely N-dealkylation sites (tertiary alicyclic amines) is 1. The molecular formula is C19H28N2O2. The lowest BCUT2D eigenvalue weighted by atomic mass is 9.74. The van der Waals surface area contributed by atoms with E-state index in [1.54, 1.807) is 0 Å². The quantitative estimate of drug-likeness (QED) is 0.895. The van der Waals surface area contributed by atoms with E-state index in [4.69, 9.17) is 0 Å². The van der Waals surface area contributed by atoms with Crippen LogP contribution in [0.1, 0.15) is 49.7 Å². The van der Waals surface area contributed by atoms with Crippen molar-refractivity contribution in [3.63, 3.8) is 0 Å². The number of piperidine rings is 1. The molecule has 0 radical (unpaired) electrons. The van der Waals surface area contributed by atoms with Crippen LogP contribution in [0.4, 0.5) is 0 Å². The molecule has 126 valence electrons. The molecule has 4 nitrogen and oxygen atoms in total. The maximum atomic E-state index is 12.4. The molecule has 2 N–H and O–H groups in total. The number of hydrogen-bond donors (Lipinski definition) is 2. The van der Waals surface area contributed by atoms with E-state index in [1.165, 1.54) is 11.1 Å². The molecule has 0 aromatic heterocycles. The van der Waals surface area contributed by atoms with Crippen molar-refractivity contribution in [1.82, 2.24) is 10.2 Å². The van der Waals surface area contributed by atoms with Crippen LogP contribution in [-0.2, 0) is 4.79 Å². The zero-order valence-electron chi connectivity index (χ0n) is 14.2. The summed E-state index contributed by atoms with van der Waals surface area (Å²) >= 11 is 0. The minimum absolute atomic E-state index is 0.0972. The minimum Gasteiger partial charge on any atom is -0.393 e. The molecule has 3 rings (SSSR count). The first-order valence-corrected chi connectivity index (χ1v) is 8.82. The fourth-order valence-corrected chi connectivity index (χ4v) is 3.80. The molecule has 0 spiro atoms. The minimum atomic E-state index is -0.192. The smallest absolute Gasteiger partial charge is 0.237 e. The summed E-state index contributed by atoms with van der Waals surface area (Å²) in [4.78, 5) is 14.6. The Bertz CT molecular complexity index is 546. The molecule has 2 aliphatic rings. The van der Waals surface area contributed by atoms with E-state index in [0.29, 0.717) is 12.0 Å². The standard InChI is InChI=1S/C19H28N2O2/c1-13-5-3-4-6-18(13)15-11-16(12-15)20-19(23)14(2)21-9-7-17(22)8-10-21/h3-6,14-17,22H,7-12H2,1-2H3,(H,20,23). The van der Waals surface area contributed by atoms with Crippen LogP contribution in [0.2, 0.25) is 0 Å². The highest BCUT2D eigenvalue weighted by Crippen LogP contribution is 2.38. The first-order valence-electron chi connectivity index (χ1n) is 8.82. The van der Waals surface area contributed by atoms with Gasteiger partial charge >= 0.3 is 0 Å². The van der Waals surface area contributed by atoms with E-state index in [2.05, 4.69) is 41.4 Å². The topological polar surface area (TPSA) is 52.6 Å². The SMILES string of the molecule is Cc1ccccc1C1CC(NC(=O)C(C)N2CCC(O)CC2)C1. The van der Waals surface area contributed by atoms with Crippen molar-refractivity contribution in [1.29, 1.82) is 0 Å². The molecule has 1 aliphatic heterocycles. The van der Waals surface area contributed by atoms with Gasteiger partial charge in [-0.3, -0.25) is 9.69 Å².